The highest BCUT2D eigenvalue weighted by Gasteiger charge is 2.28. The summed E-state index contributed by atoms with van der Waals surface area (Å²) in [6, 6.07) is 0. The Morgan fingerprint density at radius 1 is 1.11 bits per heavy atom. The molecule has 0 heterocycles. The number of hydrogen-bond acceptors (Lipinski definition) is 7. The fourth-order valence-electron chi connectivity index (χ4n) is 1.88. The number of amides is 2. The molecule has 9 nitrogen and oxygen atoms in total. The second-order valence-corrected chi connectivity index (χ2v) is 9.96. The fraction of sp³-hybridized carbons (Fsp3) is 0.357. The second kappa shape index (κ2) is 9.97. The number of nitrogens with one attached hydrogen (secondary N) is 1. The summed E-state index contributed by atoms with van der Waals surface area (Å²) >= 11 is 5.70. The van der Waals surface area contributed by atoms with Gasteiger partial charge in [0.1, 0.15) is 6.61 Å². The van der Waals surface area contributed by atoms with Gasteiger partial charge in [-0.25, -0.2) is 13.2 Å². The Hall–Kier alpha value is -0.270. The van der Waals surface area contributed by atoms with Gasteiger partial charge in [-0.05, 0) is 67.8 Å². The molecule has 0 aliphatic rings. The van der Waals surface area contributed by atoms with Gasteiger partial charge in [0.2, 0.25) is 11.8 Å². The Kier molecular flexibility index (Phi) is 9.14. The van der Waals surface area contributed by atoms with Crippen LogP contribution in [0, 0.1) is 10.7 Å². The molecule has 0 radical (unpaired) electrons. The molecule has 0 aliphatic carbocycles. The molecule has 27 heavy (non-hydrogen) atoms. The van der Waals surface area contributed by atoms with Crippen LogP contribution in [0.25, 0.3) is 0 Å². The molecule has 0 spiro atoms. The molecule has 2 amide bonds. The maximum absolute atomic E-state index is 12.5. The molecule has 0 saturated carbocycles. The van der Waals surface area contributed by atoms with E-state index in [1.807, 2.05) is 67.8 Å². The van der Waals surface area contributed by atoms with Crippen molar-refractivity contribution in [1.29, 1.82) is 0 Å². The number of halogens is 3. The number of carbonyl (C=O) groups is 3. The highest BCUT2D eigenvalue weighted by molar-refractivity contribution is 14.1. The zero-order chi connectivity index (χ0) is 21.1. The molecule has 13 heteroatoms. The smallest absolute Gasteiger partial charge is 0.340 e. The Labute approximate surface area is 197 Å². The van der Waals surface area contributed by atoms with E-state index in [9.17, 15) is 27.4 Å². The van der Waals surface area contributed by atoms with E-state index in [-0.39, 0.29) is 17.4 Å². The van der Waals surface area contributed by atoms with Gasteiger partial charge in [-0.3, -0.25) is 9.59 Å². The van der Waals surface area contributed by atoms with E-state index < -0.39 is 28.4 Å². The van der Waals surface area contributed by atoms with Crippen molar-refractivity contribution in [3.8, 4) is 0 Å². The minimum absolute atomic E-state index is 0.0618. The Bertz CT molecular complexity index is 903. The first-order chi connectivity index (χ1) is 12.3. The Morgan fingerprint density at radius 2 is 1.67 bits per heavy atom. The quantitative estimate of drug-likeness (QED) is 0.269. The lowest BCUT2D eigenvalue weighted by molar-refractivity contribution is -0.116. The van der Waals surface area contributed by atoms with E-state index in [0.717, 1.165) is 0 Å². The normalized spacial score (nSPS) is 11.1. The summed E-state index contributed by atoms with van der Waals surface area (Å²) in [7, 11) is -3.01. The van der Waals surface area contributed by atoms with Gasteiger partial charge in [0, 0.05) is 20.9 Å². The van der Waals surface area contributed by atoms with Crippen LogP contribution in [0.3, 0.4) is 0 Å². The molecule has 0 saturated heterocycles. The Balaban J connectivity index is 3.53. The Morgan fingerprint density at radius 3 is 2.11 bits per heavy atom. The van der Waals surface area contributed by atoms with Crippen LogP contribution in [0.1, 0.15) is 24.2 Å². The average molecular weight is 735 g/mol. The molecule has 0 bridgehead atoms. The zero-order valence-electron chi connectivity index (χ0n) is 14.3. The fourth-order valence-corrected chi connectivity index (χ4v) is 6.76. The van der Waals surface area contributed by atoms with Crippen molar-refractivity contribution in [2.24, 2.45) is 0 Å². The number of anilines is 2. The predicted molar refractivity (Wildman–Crippen MR) is 123 cm³/mol. The van der Waals surface area contributed by atoms with Crippen LogP contribution in [0.15, 0.2) is 0 Å². The van der Waals surface area contributed by atoms with Crippen LogP contribution in [-0.4, -0.2) is 50.2 Å². The van der Waals surface area contributed by atoms with Crippen LogP contribution in [0.5, 0.6) is 0 Å². The lowest BCUT2D eigenvalue weighted by atomic mass is 10.1. The summed E-state index contributed by atoms with van der Waals surface area (Å²) < 4.78 is 38.3. The number of rotatable bonds is 6. The van der Waals surface area contributed by atoms with E-state index in [0.29, 0.717) is 22.1 Å². The molecule has 150 valence electrons. The van der Waals surface area contributed by atoms with Crippen molar-refractivity contribution < 1.29 is 32.1 Å². The van der Waals surface area contributed by atoms with Crippen LogP contribution in [-0.2, 0) is 24.4 Å². The molecule has 0 atom stereocenters. The van der Waals surface area contributed by atoms with Crippen molar-refractivity contribution in [2.75, 3.05) is 29.6 Å². The SMILES string of the molecule is CC(=O)Nc1c(I)c(C(=O)OCCS(=O)(=O)[O-])c(I)c(N(C)C(C)=O)c1I. The van der Waals surface area contributed by atoms with E-state index >= 15 is 0 Å². The minimum Gasteiger partial charge on any atom is -0.748 e. The molecule has 1 aromatic rings. The number of nitrogens with zero attached hydrogens (tertiary/aromatic N) is 1. The minimum atomic E-state index is -4.53. The third-order valence-corrected chi connectivity index (χ3v) is 7.02. The first-order valence-corrected chi connectivity index (χ1v) is 11.9. The molecule has 0 aromatic heterocycles. The maximum Gasteiger partial charge on any atom is 0.340 e. The summed E-state index contributed by atoms with van der Waals surface area (Å²) in [4.78, 5) is 37.2. The molecular weight excluding hydrogens is 721 g/mol. The monoisotopic (exact) mass is 735 g/mol. The van der Waals surface area contributed by atoms with Gasteiger partial charge in [0.05, 0.1) is 43.5 Å². The third-order valence-electron chi connectivity index (χ3n) is 3.17. The van der Waals surface area contributed by atoms with Crippen molar-refractivity contribution in [2.45, 2.75) is 13.8 Å². The van der Waals surface area contributed by atoms with Gasteiger partial charge in [0.25, 0.3) is 0 Å². The largest absolute Gasteiger partial charge is 0.748 e. The van der Waals surface area contributed by atoms with E-state index in [1.165, 1.54) is 25.8 Å². The highest BCUT2D eigenvalue weighted by atomic mass is 127. The molecule has 0 aliphatic heterocycles. The summed E-state index contributed by atoms with van der Waals surface area (Å²) in [5, 5.41) is 2.63. The van der Waals surface area contributed by atoms with Gasteiger partial charge < -0.3 is 19.5 Å². The topological polar surface area (TPSA) is 133 Å². The van der Waals surface area contributed by atoms with Crippen molar-refractivity contribution in [3.63, 3.8) is 0 Å². The predicted octanol–water partition coefficient (Wildman–Crippen LogP) is 2.14. The maximum atomic E-state index is 12.5. The molecule has 0 fully saturated rings. The lowest BCUT2D eigenvalue weighted by Gasteiger charge is -2.24. The zero-order valence-corrected chi connectivity index (χ0v) is 21.6. The van der Waals surface area contributed by atoms with Crippen LogP contribution < -0.4 is 10.2 Å². The first-order valence-electron chi connectivity index (χ1n) is 7.11. The average Bonchev–Trinajstić information content (AvgIpc) is 2.49. The highest BCUT2D eigenvalue weighted by Crippen LogP contribution is 2.40. The number of hydrogen-bond donors (Lipinski definition) is 1. The van der Waals surface area contributed by atoms with E-state index in [1.54, 1.807) is 0 Å². The summed E-state index contributed by atoms with van der Waals surface area (Å²) in [5.41, 5.74) is 0.790. The van der Waals surface area contributed by atoms with Gasteiger partial charge in [-0.15, -0.1) is 0 Å². The van der Waals surface area contributed by atoms with Crippen LogP contribution in [0.4, 0.5) is 11.4 Å². The third kappa shape index (κ3) is 6.64. The number of benzene rings is 1. The molecule has 1 aromatic carbocycles. The van der Waals surface area contributed by atoms with Gasteiger partial charge in [-0.1, -0.05) is 0 Å². The summed E-state index contributed by atoms with van der Waals surface area (Å²) in [6.45, 7) is 2.05. The van der Waals surface area contributed by atoms with E-state index in [4.69, 9.17) is 4.74 Å². The molecule has 1 N–H and O–H groups in total. The van der Waals surface area contributed by atoms with Gasteiger partial charge in [-0.2, -0.15) is 0 Å². The summed E-state index contributed by atoms with van der Waals surface area (Å²) in [6.07, 6.45) is 0. The van der Waals surface area contributed by atoms with Gasteiger partial charge in [0.15, 0.2) is 0 Å². The van der Waals surface area contributed by atoms with Crippen molar-refractivity contribution in [1.82, 2.24) is 0 Å². The number of carbonyl (C=O) groups excluding carboxylic acids is 3. The second-order valence-electron chi connectivity index (χ2n) is 5.20. The molecule has 1 rings (SSSR count). The van der Waals surface area contributed by atoms with Crippen molar-refractivity contribution in [3.05, 3.63) is 16.3 Å². The van der Waals surface area contributed by atoms with Crippen LogP contribution in [0.2, 0.25) is 0 Å². The van der Waals surface area contributed by atoms with Crippen molar-refractivity contribution >= 4 is 107 Å². The van der Waals surface area contributed by atoms with Gasteiger partial charge >= 0.3 is 5.97 Å². The first kappa shape index (κ1) is 24.8. The number of esters is 1. The van der Waals surface area contributed by atoms with E-state index in [2.05, 4.69) is 5.32 Å². The molecule has 0 unspecified atom stereocenters. The molecular formula is C14H14I3N2O7S-. The lowest BCUT2D eigenvalue weighted by Crippen LogP contribution is -2.27. The standard InChI is InChI=1S/C14H15I3N2O7S/c1-6(20)18-12-9(15)8(14(22)26-4-5-27(23,24)25)10(16)13(11(12)17)19(3)7(2)21/h4-5H2,1-3H3,(H,18,20)(H,23,24,25)/p-1. The number of ether oxygens (including phenoxy) is 1. The van der Waals surface area contributed by atoms with Crippen LogP contribution >= 0.6 is 67.8 Å². The summed E-state index contributed by atoms with van der Waals surface area (Å²) in [5.74, 6) is -2.39.